The summed E-state index contributed by atoms with van der Waals surface area (Å²) in [6.45, 7) is 1.85. The first kappa shape index (κ1) is 15.7. The predicted octanol–water partition coefficient (Wildman–Crippen LogP) is 4.07. The molecular formula is C17H12ClN5OS. The van der Waals surface area contributed by atoms with Gasteiger partial charge in [0.2, 0.25) is 4.96 Å². The van der Waals surface area contributed by atoms with Gasteiger partial charge in [0.15, 0.2) is 5.82 Å². The first-order chi connectivity index (χ1) is 12.1. The zero-order valence-corrected chi connectivity index (χ0v) is 14.7. The molecule has 2 aromatic heterocycles. The molecule has 0 unspecified atom stereocenters. The number of benzene rings is 2. The fourth-order valence-corrected chi connectivity index (χ4v) is 3.51. The van der Waals surface area contributed by atoms with Gasteiger partial charge in [-0.1, -0.05) is 47.2 Å². The van der Waals surface area contributed by atoms with Gasteiger partial charge in [-0.2, -0.15) is 9.61 Å². The van der Waals surface area contributed by atoms with E-state index in [1.54, 1.807) is 28.8 Å². The molecule has 0 saturated carbocycles. The van der Waals surface area contributed by atoms with Crippen LogP contribution in [0.1, 0.15) is 16.2 Å². The van der Waals surface area contributed by atoms with Crippen molar-refractivity contribution in [2.24, 2.45) is 0 Å². The predicted molar refractivity (Wildman–Crippen MR) is 98.2 cm³/mol. The van der Waals surface area contributed by atoms with Crippen molar-refractivity contribution in [3.05, 3.63) is 64.9 Å². The minimum atomic E-state index is -0.253. The summed E-state index contributed by atoms with van der Waals surface area (Å²) in [6.07, 6.45) is 0. The average molecular weight is 370 g/mol. The van der Waals surface area contributed by atoms with Gasteiger partial charge in [0.1, 0.15) is 5.01 Å². The molecule has 124 valence electrons. The Morgan fingerprint density at radius 2 is 2.00 bits per heavy atom. The zero-order chi connectivity index (χ0) is 17.4. The summed E-state index contributed by atoms with van der Waals surface area (Å²) in [5, 5.41) is 16.7. The molecule has 0 bridgehead atoms. The summed E-state index contributed by atoms with van der Waals surface area (Å²) >= 11 is 7.52. The van der Waals surface area contributed by atoms with Crippen LogP contribution in [0.15, 0.2) is 48.5 Å². The maximum Gasteiger partial charge on any atom is 0.257 e. The summed E-state index contributed by atoms with van der Waals surface area (Å²) in [6, 6.07) is 14.4. The molecule has 8 heteroatoms. The van der Waals surface area contributed by atoms with E-state index in [9.17, 15) is 4.79 Å². The van der Waals surface area contributed by atoms with Crippen LogP contribution in [-0.2, 0) is 0 Å². The molecule has 4 aromatic rings. The van der Waals surface area contributed by atoms with Crippen LogP contribution < -0.4 is 5.32 Å². The van der Waals surface area contributed by atoms with E-state index in [0.717, 1.165) is 21.4 Å². The lowest BCUT2D eigenvalue weighted by Crippen LogP contribution is -2.12. The number of nitrogens with zero attached hydrogens (tertiary/aromatic N) is 4. The molecule has 0 spiro atoms. The Bertz CT molecular complexity index is 1090. The summed E-state index contributed by atoms with van der Waals surface area (Å²) in [7, 11) is 0. The summed E-state index contributed by atoms with van der Waals surface area (Å²) in [4.78, 5) is 13.1. The molecule has 0 aliphatic heterocycles. The van der Waals surface area contributed by atoms with Crippen LogP contribution in [0.5, 0.6) is 0 Å². The Balaban J connectivity index is 1.63. The van der Waals surface area contributed by atoms with E-state index in [0.29, 0.717) is 16.3 Å². The van der Waals surface area contributed by atoms with Crippen molar-refractivity contribution in [1.82, 2.24) is 19.8 Å². The molecule has 0 fully saturated rings. The Kier molecular flexibility index (Phi) is 3.95. The number of aromatic nitrogens is 4. The zero-order valence-electron chi connectivity index (χ0n) is 13.1. The quantitative estimate of drug-likeness (QED) is 0.591. The number of carbonyl (C=O) groups excluding carboxylic acids is 1. The van der Waals surface area contributed by atoms with Crippen LogP contribution >= 0.6 is 22.9 Å². The lowest BCUT2D eigenvalue weighted by Gasteiger charge is -2.07. The normalized spacial score (nSPS) is 11.0. The Morgan fingerprint density at radius 1 is 1.16 bits per heavy atom. The maximum absolute atomic E-state index is 12.4. The molecule has 6 nitrogen and oxygen atoms in total. The second-order valence-electron chi connectivity index (χ2n) is 5.36. The molecule has 25 heavy (non-hydrogen) atoms. The van der Waals surface area contributed by atoms with Crippen LogP contribution in [-0.4, -0.2) is 25.7 Å². The van der Waals surface area contributed by atoms with Crippen molar-refractivity contribution in [3.8, 4) is 10.6 Å². The molecule has 1 amide bonds. The lowest BCUT2D eigenvalue weighted by molar-refractivity contribution is 0.102. The van der Waals surface area contributed by atoms with Gasteiger partial charge in [0.05, 0.1) is 10.6 Å². The van der Waals surface area contributed by atoms with Gasteiger partial charge in [0.25, 0.3) is 5.91 Å². The standard InChI is InChI=1S/C17H12ClN5OS/c1-10-20-21-17-23(10)22-16(25-17)11-5-4-6-12(9-11)19-15(24)13-7-2-3-8-14(13)18/h2-9H,1H3,(H,19,24). The molecule has 2 heterocycles. The minimum Gasteiger partial charge on any atom is -0.322 e. The van der Waals surface area contributed by atoms with E-state index >= 15 is 0 Å². The highest BCUT2D eigenvalue weighted by Crippen LogP contribution is 2.27. The molecule has 0 saturated heterocycles. The van der Waals surface area contributed by atoms with Gasteiger partial charge in [-0.15, -0.1) is 10.2 Å². The Morgan fingerprint density at radius 3 is 2.80 bits per heavy atom. The Hall–Kier alpha value is -2.77. The molecule has 4 rings (SSSR count). The molecule has 0 atom stereocenters. The summed E-state index contributed by atoms with van der Waals surface area (Å²) < 4.78 is 1.70. The SMILES string of the molecule is Cc1nnc2sc(-c3cccc(NC(=O)c4ccccc4Cl)c3)nn12. The first-order valence-electron chi connectivity index (χ1n) is 7.47. The highest BCUT2D eigenvalue weighted by molar-refractivity contribution is 7.19. The molecule has 0 radical (unpaired) electrons. The number of anilines is 1. The van der Waals surface area contributed by atoms with Gasteiger partial charge in [-0.05, 0) is 31.2 Å². The fourth-order valence-electron chi connectivity index (χ4n) is 2.41. The van der Waals surface area contributed by atoms with Gasteiger partial charge in [0, 0.05) is 11.3 Å². The third-order valence-electron chi connectivity index (χ3n) is 3.63. The number of nitrogens with one attached hydrogen (secondary N) is 1. The third-order valence-corrected chi connectivity index (χ3v) is 4.91. The second kappa shape index (κ2) is 6.27. The molecular weight excluding hydrogens is 358 g/mol. The number of carbonyl (C=O) groups is 1. The number of hydrogen-bond acceptors (Lipinski definition) is 5. The van der Waals surface area contributed by atoms with Gasteiger partial charge in [-0.3, -0.25) is 4.79 Å². The number of halogens is 1. The van der Waals surface area contributed by atoms with E-state index in [4.69, 9.17) is 11.6 Å². The topological polar surface area (TPSA) is 72.2 Å². The van der Waals surface area contributed by atoms with Gasteiger partial charge < -0.3 is 5.32 Å². The second-order valence-corrected chi connectivity index (χ2v) is 6.73. The highest BCUT2D eigenvalue weighted by atomic mass is 35.5. The Labute approximate surface area is 152 Å². The van der Waals surface area contributed by atoms with Crippen molar-refractivity contribution in [2.45, 2.75) is 6.92 Å². The largest absolute Gasteiger partial charge is 0.322 e. The van der Waals surface area contributed by atoms with Crippen molar-refractivity contribution in [3.63, 3.8) is 0 Å². The number of aryl methyl sites for hydroxylation is 1. The maximum atomic E-state index is 12.4. The van der Waals surface area contributed by atoms with Crippen LogP contribution in [0.25, 0.3) is 15.5 Å². The third kappa shape index (κ3) is 2.99. The van der Waals surface area contributed by atoms with Crippen molar-refractivity contribution in [2.75, 3.05) is 5.32 Å². The number of hydrogen-bond donors (Lipinski definition) is 1. The molecule has 0 aliphatic rings. The summed E-state index contributed by atoms with van der Waals surface area (Å²) in [5.74, 6) is 0.484. The van der Waals surface area contributed by atoms with Gasteiger partial charge >= 0.3 is 0 Å². The van der Waals surface area contributed by atoms with E-state index in [-0.39, 0.29) is 5.91 Å². The van der Waals surface area contributed by atoms with Gasteiger partial charge in [-0.25, -0.2) is 0 Å². The van der Waals surface area contributed by atoms with Crippen LogP contribution in [0, 0.1) is 6.92 Å². The van der Waals surface area contributed by atoms with Crippen molar-refractivity contribution < 1.29 is 4.79 Å². The number of rotatable bonds is 3. The molecule has 0 aliphatic carbocycles. The lowest BCUT2D eigenvalue weighted by atomic mass is 10.2. The van der Waals surface area contributed by atoms with Crippen LogP contribution in [0.2, 0.25) is 5.02 Å². The van der Waals surface area contributed by atoms with E-state index in [1.807, 2.05) is 31.2 Å². The minimum absolute atomic E-state index is 0.253. The van der Waals surface area contributed by atoms with E-state index < -0.39 is 0 Å². The number of fused-ring (bicyclic) bond motifs is 1. The summed E-state index contributed by atoms with van der Waals surface area (Å²) in [5.41, 5.74) is 2.00. The fraction of sp³-hybridized carbons (Fsp3) is 0.0588. The van der Waals surface area contributed by atoms with Crippen LogP contribution in [0.4, 0.5) is 5.69 Å². The first-order valence-corrected chi connectivity index (χ1v) is 8.66. The van der Waals surface area contributed by atoms with E-state index in [1.165, 1.54) is 11.3 Å². The monoisotopic (exact) mass is 369 g/mol. The van der Waals surface area contributed by atoms with E-state index in [2.05, 4.69) is 20.6 Å². The van der Waals surface area contributed by atoms with Crippen molar-refractivity contribution >= 4 is 39.5 Å². The average Bonchev–Trinajstić information content (AvgIpc) is 3.18. The van der Waals surface area contributed by atoms with Crippen molar-refractivity contribution in [1.29, 1.82) is 0 Å². The highest BCUT2D eigenvalue weighted by Gasteiger charge is 2.13. The van der Waals surface area contributed by atoms with Crippen LogP contribution in [0.3, 0.4) is 0 Å². The molecule has 2 aromatic carbocycles. The smallest absolute Gasteiger partial charge is 0.257 e. The molecule has 1 N–H and O–H groups in total. The number of amides is 1.